The van der Waals surface area contributed by atoms with Crippen LogP contribution in [0.1, 0.15) is 67.2 Å². The van der Waals surface area contributed by atoms with E-state index in [0.717, 1.165) is 54.4 Å². The van der Waals surface area contributed by atoms with Crippen molar-refractivity contribution < 1.29 is 9.59 Å². The topological polar surface area (TPSA) is 82.9 Å². The molecule has 6 heteroatoms. The fraction of sp³-hybridized carbons (Fsp3) is 0.179. The van der Waals surface area contributed by atoms with Gasteiger partial charge in [0.15, 0.2) is 0 Å². The lowest BCUT2D eigenvalue weighted by Gasteiger charge is -2.05. The minimum absolute atomic E-state index is 0.107. The molecule has 0 heterocycles. The molecule has 0 aliphatic rings. The van der Waals surface area contributed by atoms with Crippen LogP contribution in [-0.2, 0) is 9.59 Å². The number of hydrazone groups is 2. The van der Waals surface area contributed by atoms with Crippen LogP contribution in [0.4, 0.5) is 0 Å². The Morgan fingerprint density at radius 1 is 0.467 bits per heavy atom. The van der Waals surface area contributed by atoms with Crippen molar-refractivity contribution in [3.63, 3.8) is 0 Å². The fourth-order valence-electron chi connectivity index (χ4n) is 4.55. The Kier molecular flexibility index (Phi) is 13.8. The van der Waals surface area contributed by atoms with Crippen LogP contribution in [0.5, 0.6) is 0 Å². The van der Waals surface area contributed by atoms with Crippen LogP contribution in [0, 0.1) is 0 Å². The van der Waals surface area contributed by atoms with Gasteiger partial charge in [0, 0.05) is 24.0 Å². The molecule has 6 nitrogen and oxygen atoms in total. The Morgan fingerprint density at radius 3 is 1.18 bits per heavy atom. The molecule has 0 bridgehead atoms. The highest BCUT2D eigenvalue weighted by atomic mass is 16.2. The van der Waals surface area contributed by atoms with Gasteiger partial charge in [-0.3, -0.25) is 9.59 Å². The molecule has 0 atom stereocenters. The molecule has 228 valence electrons. The standard InChI is InChI=1S/C39H40N4O2/c44-38(42-40-36(34-22-12-6-13-23-34)30-28-32-18-8-4-9-19-32)26-16-2-1-3-17-27-39(45)43-41-37(35-24-14-7-15-25-35)31-29-33-20-10-5-11-21-33/h4-15,18-25,28-31H,1-3,16-17,26-27H2,(H,42,44)(H,43,45). The number of unbranched alkanes of at least 4 members (excludes halogenated alkanes) is 4. The fourth-order valence-corrected chi connectivity index (χ4v) is 4.55. The molecule has 4 aromatic rings. The van der Waals surface area contributed by atoms with E-state index in [1.54, 1.807) is 0 Å². The number of amides is 2. The SMILES string of the molecule is O=C(CCCCCCCC(=O)NN=C(C=Cc1ccccc1)c1ccccc1)NN=C(C=Cc1ccccc1)c1ccccc1. The number of hydrogen-bond acceptors (Lipinski definition) is 4. The number of carbonyl (C=O) groups excluding carboxylic acids is 2. The third-order valence-corrected chi connectivity index (χ3v) is 7.02. The van der Waals surface area contributed by atoms with Crippen molar-refractivity contribution in [3.05, 3.63) is 156 Å². The summed E-state index contributed by atoms with van der Waals surface area (Å²) in [5.74, 6) is -0.214. The molecule has 0 spiro atoms. The summed E-state index contributed by atoms with van der Waals surface area (Å²) in [7, 11) is 0. The van der Waals surface area contributed by atoms with Gasteiger partial charge in [-0.05, 0) is 36.1 Å². The van der Waals surface area contributed by atoms with E-state index in [9.17, 15) is 9.59 Å². The quantitative estimate of drug-likeness (QED) is 0.0777. The van der Waals surface area contributed by atoms with Crippen molar-refractivity contribution in [3.8, 4) is 0 Å². The summed E-state index contributed by atoms with van der Waals surface area (Å²) in [6, 6.07) is 39.6. The highest BCUT2D eigenvalue weighted by Gasteiger charge is 2.05. The number of benzene rings is 4. The maximum absolute atomic E-state index is 12.5. The van der Waals surface area contributed by atoms with Crippen LogP contribution < -0.4 is 10.9 Å². The summed E-state index contributed by atoms with van der Waals surface area (Å²) < 4.78 is 0. The van der Waals surface area contributed by atoms with E-state index < -0.39 is 0 Å². The summed E-state index contributed by atoms with van der Waals surface area (Å²) >= 11 is 0. The second kappa shape index (κ2) is 19.0. The van der Waals surface area contributed by atoms with Gasteiger partial charge in [0.05, 0.1) is 11.4 Å². The monoisotopic (exact) mass is 596 g/mol. The predicted octanol–water partition coefficient (Wildman–Crippen LogP) is 8.18. The third kappa shape index (κ3) is 12.4. The van der Waals surface area contributed by atoms with Gasteiger partial charge in [0.2, 0.25) is 11.8 Å². The molecule has 0 aromatic heterocycles. The number of allylic oxidation sites excluding steroid dienone is 2. The molecule has 0 saturated heterocycles. The van der Waals surface area contributed by atoms with Gasteiger partial charge in [-0.2, -0.15) is 10.2 Å². The van der Waals surface area contributed by atoms with Crippen molar-refractivity contribution in [1.82, 2.24) is 10.9 Å². The molecule has 0 radical (unpaired) electrons. The van der Waals surface area contributed by atoms with Crippen LogP contribution in [0.15, 0.2) is 144 Å². The van der Waals surface area contributed by atoms with E-state index in [1.165, 1.54) is 0 Å². The molecule has 2 N–H and O–H groups in total. The van der Waals surface area contributed by atoms with Gasteiger partial charge in [-0.15, -0.1) is 0 Å². The second-order valence-corrected chi connectivity index (χ2v) is 10.6. The van der Waals surface area contributed by atoms with E-state index in [4.69, 9.17) is 0 Å². The van der Waals surface area contributed by atoms with Crippen LogP contribution >= 0.6 is 0 Å². The minimum atomic E-state index is -0.107. The Labute approximate surface area is 266 Å². The maximum Gasteiger partial charge on any atom is 0.240 e. The summed E-state index contributed by atoms with van der Waals surface area (Å²) in [4.78, 5) is 25.0. The average Bonchev–Trinajstić information content (AvgIpc) is 3.09. The lowest BCUT2D eigenvalue weighted by molar-refractivity contribution is -0.121. The van der Waals surface area contributed by atoms with Crippen molar-refractivity contribution in [1.29, 1.82) is 0 Å². The third-order valence-electron chi connectivity index (χ3n) is 7.02. The summed E-state index contributed by atoms with van der Waals surface area (Å²) in [5, 5.41) is 8.81. The van der Waals surface area contributed by atoms with E-state index in [0.29, 0.717) is 24.3 Å². The molecular weight excluding hydrogens is 556 g/mol. The van der Waals surface area contributed by atoms with Crippen LogP contribution in [0.25, 0.3) is 12.2 Å². The lowest BCUT2D eigenvalue weighted by atomic mass is 10.1. The average molecular weight is 597 g/mol. The van der Waals surface area contributed by atoms with Gasteiger partial charge < -0.3 is 0 Å². The highest BCUT2D eigenvalue weighted by Crippen LogP contribution is 2.10. The van der Waals surface area contributed by atoms with E-state index in [-0.39, 0.29) is 11.8 Å². The zero-order valence-electron chi connectivity index (χ0n) is 25.5. The molecule has 0 unspecified atom stereocenters. The molecular formula is C39H40N4O2. The molecule has 0 aliphatic heterocycles. The molecule has 2 amide bonds. The first-order valence-corrected chi connectivity index (χ1v) is 15.5. The Hall–Kier alpha value is -5.36. The van der Waals surface area contributed by atoms with Gasteiger partial charge >= 0.3 is 0 Å². The van der Waals surface area contributed by atoms with Crippen molar-refractivity contribution in [2.45, 2.75) is 44.9 Å². The first-order chi connectivity index (χ1) is 22.2. The summed E-state index contributed by atoms with van der Waals surface area (Å²) in [6.45, 7) is 0. The van der Waals surface area contributed by atoms with Gasteiger partial charge in [-0.25, -0.2) is 10.9 Å². The number of rotatable bonds is 16. The smallest absolute Gasteiger partial charge is 0.240 e. The number of nitrogens with zero attached hydrogens (tertiary/aromatic N) is 2. The summed E-state index contributed by atoms with van der Waals surface area (Å²) in [5.41, 5.74) is 10.8. The Balaban J connectivity index is 1.16. The molecule has 45 heavy (non-hydrogen) atoms. The minimum Gasteiger partial charge on any atom is -0.273 e. The number of carbonyl (C=O) groups is 2. The largest absolute Gasteiger partial charge is 0.273 e. The first-order valence-electron chi connectivity index (χ1n) is 15.5. The Bertz CT molecular complexity index is 1460. The van der Waals surface area contributed by atoms with Crippen molar-refractivity contribution in [2.24, 2.45) is 10.2 Å². The van der Waals surface area contributed by atoms with E-state index >= 15 is 0 Å². The summed E-state index contributed by atoms with van der Waals surface area (Å²) in [6.07, 6.45) is 12.9. The van der Waals surface area contributed by atoms with Gasteiger partial charge in [0.25, 0.3) is 0 Å². The van der Waals surface area contributed by atoms with Crippen molar-refractivity contribution in [2.75, 3.05) is 0 Å². The predicted molar refractivity (Wildman–Crippen MR) is 186 cm³/mol. The molecule has 4 aromatic carbocycles. The molecule has 0 saturated carbocycles. The zero-order valence-corrected chi connectivity index (χ0v) is 25.5. The van der Waals surface area contributed by atoms with Crippen LogP contribution in [-0.4, -0.2) is 23.2 Å². The first kappa shape index (κ1) is 32.6. The van der Waals surface area contributed by atoms with Gasteiger partial charge in [0.1, 0.15) is 0 Å². The Morgan fingerprint density at radius 2 is 0.800 bits per heavy atom. The normalized spacial score (nSPS) is 12.0. The molecule has 0 fully saturated rings. The van der Waals surface area contributed by atoms with E-state index in [1.807, 2.05) is 146 Å². The number of hydrogen-bond donors (Lipinski definition) is 2. The highest BCUT2D eigenvalue weighted by molar-refractivity contribution is 6.11. The van der Waals surface area contributed by atoms with Crippen molar-refractivity contribution >= 4 is 35.4 Å². The molecule has 4 rings (SSSR count). The van der Waals surface area contributed by atoms with Crippen LogP contribution in [0.3, 0.4) is 0 Å². The van der Waals surface area contributed by atoms with E-state index in [2.05, 4.69) is 21.1 Å². The lowest BCUT2D eigenvalue weighted by Crippen LogP contribution is -2.19. The number of nitrogens with one attached hydrogen (secondary N) is 2. The second-order valence-electron chi connectivity index (χ2n) is 10.6. The van der Waals surface area contributed by atoms with Crippen LogP contribution in [0.2, 0.25) is 0 Å². The zero-order chi connectivity index (χ0) is 31.4. The maximum atomic E-state index is 12.5. The van der Waals surface area contributed by atoms with Gasteiger partial charge in [-0.1, -0.05) is 153 Å². The molecule has 0 aliphatic carbocycles.